The molecule has 1 unspecified atom stereocenters. The highest BCUT2D eigenvalue weighted by Gasteiger charge is 2.19. The zero-order valence-corrected chi connectivity index (χ0v) is 10.7. The van der Waals surface area contributed by atoms with Gasteiger partial charge in [-0.25, -0.2) is 0 Å². The predicted molar refractivity (Wildman–Crippen MR) is 65.6 cm³/mol. The van der Waals surface area contributed by atoms with Gasteiger partial charge in [0.05, 0.1) is 12.6 Å². The van der Waals surface area contributed by atoms with Crippen LogP contribution in [0.15, 0.2) is 22.7 Å². The molecule has 0 aliphatic carbocycles. The van der Waals surface area contributed by atoms with Crippen LogP contribution in [0.2, 0.25) is 0 Å². The minimum absolute atomic E-state index is 0.0192. The van der Waals surface area contributed by atoms with Gasteiger partial charge in [-0.1, -0.05) is 22.0 Å². The van der Waals surface area contributed by atoms with Crippen molar-refractivity contribution >= 4 is 21.8 Å². The van der Waals surface area contributed by atoms with Crippen molar-refractivity contribution in [1.82, 2.24) is 5.32 Å². The summed E-state index contributed by atoms with van der Waals surface area (Å²) in [6.45, 7) is 3.30. The van der Waals surface area contributed by atoms with E-state index in [9.17, 15) is 4.79 Å². The SMILES string of the molecule is Cc1ccc(Br)cc1C(=O)NC1CCOC1. The van der Waals surface area contributed by atoms with Gasteiger partial charge < -0.3 is 10.1 Å². The highest BCUT2D eigenvalue weighted by atomic mass is 79.9. The maximum atomic E-state index is 12.0. The molecule has 1 heterocycles. The number of carbonyl (C=O) groups is 1. The molecule has 86 valence electrons. The Balaban J connectivity index is 2.10. The molecule has 1 amide bonds. The van der Waals surface area contributed by atoms with E-state index >= 15 is 0 Å². The highest BCUT2D eigenvalue weighted by molar-refractivity contribution is 9.10. The summed E-state index contributed by atoms with van der Waals surface area (Å²) in [7, 11) is 0. The molecule has 1 saturated heterocycles. The predicted octanol–water partition coefficient (Wildman–Crippen LogP) is 2.28. The van der Waals surface area contributed by atoms with Crippen molar-refractivity contribution in [3.8, 4) is 0 Å². The monoisotopic (exact) mass is 283 g/mol. The van der Waals surface area contributed by atoms with E-state index in [0.717, 1.165) is 28.6 Å². The molecule has 4 heteroatoms. The van der Waals surface area contributed by atoms with Gasteiger partial charge >= 0.3 is 0 Å². The molecule has 2 rings (SSSR count). The number of hydrogen-bond acceptors (Lipinski definition) is 2. The van der Waals surface area contributed by atoms with E-state index in [2.05, 4.69) is 21.2 Å². The zero-order chi connectivity index (χ0) is 11.5. The molecular weight excluding hydrogens is 270 g/mol. The van der Waals surface area contributed by atoms with Gasteiger partial charge in [0.25, 0.3) is 5.91 Å². The molecule has 0 aromatic heterocycles. The second-order valence-corrected chi connectivity index (χ2v) is 4.91. The van der Waals surface area contributed by atoms with Crippen LogP contribution in [0.3, 0.4) is 0 Å². The van der Waals surface area contributed by atoms with E-state index < -0.39 is 0 Å². The molecule has 1 fully saturated rings. The van der Waals surface area contributed by atoms with Crippen molar-refractivity contribution in [3.05, 3.63) is 33.8 Å². The minimum atomic E-state index is -0.0192. The molecule has 1 N–H and O–H groups in total. The summed E-state index contributed by atoms with van der Waals surface area (Å²) in [5, 5.41) is 2.98. The number of aryl methyl sites for hydroxylation is 1. The lowest BCUT2D eigenvalue weighted by Gasteiger charge is -2.12. The fraction of sp³-hybridized carbons (Fsp3) is 0.417. The first-order valence-corrected chi connectivity index (χ1v) is 6.11. The summed E-state index contributed by atoms with van der Waals surface area (Å²) in [5.74, 6) is -0.0192. The van der Waals surface area contributed by atoms with Crippen LogP contribution in [-0.4, -0.2) is 25.2 Å². The molecule has 3 nitrogen and oxygen atoms in total. The minimum Gasteiger partial charge on any atom is -0.379 e. The van der Waals surface area contributed by atoms with Crippen LogP contribution in [-0.2, 0) is 4.74 Å². The number of halogens is 1. The van der Waals surface area contributed by atoms with Gasteiger partial charge in [0.1, 0.15) is 0 Å². The molecular formula is C12H14BrNO2. The third-order valence-electron chi connectivity index (χ3n) is 2.71. The zero-order valence-electron chi connectivity index (χ0n) is 9.13. The van der Waals surface area contributed by atoms with Crippen molar-refractivity contribution in [2.75, 3.05) is 13.2 Å². The Hall–Kier alpha value is -0.870. The van der Waals surface area contributed by atoms with E-state index in [1.807, 2.05) is 25.1 Å². The number of benzene rings is 1. The summed E-state index contributed by atoms with van der Waals surface area (Å²) < 4.78 is 6.15. The Kier molecular flexibility index (Phi) is 3.61. The van der Waals surface area contributed by atoms with E-state index in [4.69, 9.17) is 4.74 Å². The van der Waals surface area contributed by atoms with Gasteiger partial charge in [-0.2, -0.15) is 0 Å². The fourth-order valence-electron chi connectivity index (χ4n) is 1.75. The number of amides is 1. The number of ether oxygens (including phenoxy) is 1. The van der Waals surface area contributed by atoms with Gasteiger partial charge in [-0.3, -0.25) is 4.79 Å². The van der Waals surface area contributed by atoms with E-state index in [1.165, 1.54) is 0 Å². The van der Waals surface area contributed by atoms with Crippen LogP contribution in [0.5, 0.6) is 0 Å². The lowest BCUT2D eigenvalue weighted by molar-refractivity contribution is 0.0929. The average Bonchev–Trinajstić information content (AvgIpc) is 2.74. The van der Waals surface area contributed by atoms with Crippen molar-refractivity contribution in [3.63, 3.8) is 0 Å². The Morgan fingerprint density at radius 2 is 2.38 bits per heavy atom. The topological polar surface area (TPSA) is 38.3 Å². The lowest BCUT2D eigenvalue weighted by Crippen LogP contribution is -2.35. The van der Waals surface area contributed by atoms with Crippen LogP contribution >= 0.6 is 15.9 Å². The third kappa shape index (κ3) is 2.62. The summed E-state index contributed by atoms with van der Waals surface area (Å²) in [5.41, 5.74) is 1.71. The Bertz CT molecular complexity index is 400. The highest BCUT2D eigenvalue weighted by Crippen LogP contribution is 2.16. The van der Waals surface area contributed by atoms with E-state index in [0.29, 0.717) is 6.61 Å². The van der Waals surface area contributed by atoms with Gasteiger partial charge in [0.2, 0.25) is 0 Å². The number of rotatable bonds is 2. The molecule has 1 aliphatic heterocycles. The molecule has 0 saturated carbocycles. The summed E-state index contributed by atoms with van der Waals surface area (Å²) in [4.78, 5) is 12.0. The first-order valence-electron chi connectivity index (χ1n) is 5.31. The van der Waals surface area contributed by atoms with Crippen molar-refractivity contribution in [1.29, 1.82) is 0 Å². The average molecular weight is 284 g/mol. The Morgan fingerprint density at radius 3 is 3.06 bits per heavy atom. The van der Waals surface area contributed by atoms with Gasteiger partial charge in [-0.15, -0.1) is 0 Å². The van der Waals surface area contributed by atoms with Crippen LogP contribution < -0.4 is 5.32 Å². The molecule has 1 aromatic carbocycles. The first kappa shape index (κ1) is 11.6. The molecule has 1 aliphatic rings. The van der Waals surface area contributed by atoms with Crippen molar-refractivity contribution < 1.29 is 9.53 Å². The molecule has 0 bridgehead atoms. The maximum Gasteiger partial charge on any atom is 0.251 e. The standard InChI is InChI=1S/C12H14BrNO2/c1-8-2-3-9(13)6-11(8)12(15)14-10-4-5-16-7-10/h2-3,6,10H,4-5,7H2,1H3,(H,14,15). The number of carbonyl (C=O) groups excluding carboxylic acids is 1. The van der Waals surface area contributed by atoms with Gasteiger partial charge in [0.15, 0.2) is 0 Å². The number of nitrogens with one attached hydrogen (secondary N) is 1. The molecule has 0 spiro atoms. The molecule has 0 radical (unpaired) electrons. The quantitative estimate of drug-likeness (QED) is 0.904. The summed E-state index contributed by atoms with van der Waals surface area (Å²) in [6.07, 6.45) is 0.902. The van der Waals surface area contributed by atoms with Gasteiger partial charge in [0, 0.05) is 16.6 Å². The summed E-state index contributed by atoms with van der Waals surface area (Å²) in [6, 6.07) is 5.88. The van der Waals surface area contributed by atoms with Crippen LogP contribution in [0.4, 0.5) is 0 Å². The third-order valence-corrected chi connectivity index (χ3v) is 3.20. The second kappa shape index (κ2) is 4.97. The second-order valence-electron chi connectivity index (χ2n) is 3.99. The summed E-state index contributed by atoms with van der Waals surface area (Å²) >= 11 is 3.37. The van der Waals surface area contributed by atoms with Gasteiger partial charge in [-0.05, 0) is 31.0 Å². The molecule has 16 heavy (non-hydrogen) atoms. The van der Waals surface area contributed by atoms with Crippen LogP contribution in [0.25, 0.3) is 0 Å². The molecule has 1 aromatic rings. The van der Waals surface area contributed by atoms with Crippen molar-refractivity contribution in [2.45, 2.75) is 19.4 Å². The van der Waals surface area contributed by atoms with Crippen molar-refractivity contribution in [2.24, 2.45) is 0 Å². The normalized spacial score (nSPS) is 19.8. The Labute approximate surface area is 103 Å². The van der Waals surface area contributed by atoms with Crippen LogP contribution in [0, 0.1) is 6.92 Å². The fourth-order valence-corrected chi connectivity index (χ4v) is 2.11. The first-order chi connectivity index (χ1) is 7.66. The maximum absolute atomic E-state index is 12.0. The Morgan fingerprint density at radius 1 is 1.56 bits per heavy atom. The van der Waals surface area contributed by atoms with Crippen LogP contribution in [0.1, 0.15) is 22.3 Å². The molecule has 1 atom stereocenters. The largest absolute Gasteiger partial charge is 0.379 e. The smallest absolute Gasteiger partial charge is 0.251 e. The number of hydrogen-bond donors (Lipinski definition) is 1. The lowest BCUT2D eigenvalue weighted by atomic mass is 10.1. The van der Waals surface area contributed by atoms with E-state index in [1.54, 1.807) is 0 Å². The van der Waals surface area contributed by atoms with E-state index in [-0.39, 0.29) is 11.9 Å².